The fraction of sp³-hybridized carbons (Fsp3) is 0. The van der Waals surface area contributed by atoms with Crippen LogP contribution >= 0.6 is 0 Å². The molecular weight excluding hydrogens is 510 g/mol. The van der Waals surface area contributed by atoms with Crippen LogP contribution in [-0.4, -0.2) is 0 Å². The molecule has 0 atom stereocenters. The van der Waals surface area contributed by atoms with Crippen LogP contribution in [0.1, 0.15) is 0 Å². The number of halogens is 6. The quantitative estimate of drug-likeness (QED) is 0.279. The van der Waals surface area contributed by atoms with Crippen molar-refractivity contribution >= 4 is 0 Å². The maximum atomic E-state index is 12.4. The van der Waals surface area contributed by atoms with Crippen molar-refractivity contribution < 1.29 is 73.9 Å². The first kappa shape index (κ1) is 11.3. The summed E-state index contributed by atoms with van der Waals surface area (Å²) in [6.07, 6.45) is 0. The van der Waals surface area contributed by atoms with Gasteiger partial charge < -0.3 is 0 Å². The van der Waals surface area contributed by atoms with E-state index in [1.54, 1.807) is 18.2 Å². The average molecular weight is 513 g/mol. The van der Waals surface area contributed by atoms with Gasteiger partial charge >= 0.3 is 103 Å². The van der Waals surface area contributed by atoms with E-state index >= 15 is 0 Å². The first-order valence-corrected chi connectivity index (χ1v) is 8.42. The van der Waals surface area contributed by atoms with Crippen LogP contribution in [0.4, 0.5) is 8.58 Å². The molecule has 12 heavy (non-hydrogen) atoms. The van der Waals surface area contributed by atoms with E-state index in [0.717, 1.165) is 0 Å². The fourth-order valence-corrected chi connectivity index (χ4v) is 5.61. The number of rotatable bonds is 3. The van der Waals surface area contributed by atoms with Crippen LogP contribution in [0.25, 0.3) is 0 Å². The standard InChI is InChI=1S/C6H3F3I3/c7-10-4-2-1-3-5(11-8)6(4)12-9/h1-3H/q-3. The molecule has 1 rings (SSSR count). The molecule has 0 heterocycles. The van der Waals surface area contributed by atoms with E-state index in [9.17, 15) is 8.58 Å². The summed E-state index contributed by atoms with van der Waals surface area (Å²) in [6.45, 7) is 0. The second-order valence-electron chi connectivity index (χ2n) is 1.75. The predicted molar refractivity (Wildman–Crippen MR) is 25.9 cm³/mol. The van der Waals surface area contributed by atoms with Gasteiger partial charge in [0.2, 0.25) is 0 Å². The van der Waals surface area contributed by atoms with Gasteiger partial charge in [-0.15, -0.1) is 0 Å². The molecule has 0 saturated heterocycles. The van der Waals surface area contributed by atoms with Crippen molar-refractivity contribution in [3.05, 3.63) is 28.9 Å². The van der Waals surface area contributed by atoms with Crippen molar-refractivity contribution in [2.24, 2.45) is 0 Å². The summed E-state index contributed by atoms with van der Waals surface area (Å²) in [5, 5.41) is 0. The van der Waals surface area contributed by atoms with Crippen LogP contribution in [0, 0.1) is 10.7 Å². The topological polar surface area (TPSA) is 0 Å². The molecule has 0 amide bonds. The summed E-state index contributed by atoms with van der Waals surface area (Å²) in [5.74, 6) is 0. The molecule has 0 unspecified atom stereocenters. The van der Waals surface area contributed by atoms with E-state index in [2.05, 4.69) is 0 Å². The first-order chi connectivity index (χ1) is 5.83. The van der Waals surface area contributed by atoms with E-state index in [4.69, 9.17) is 0 Å². The normalized spacial score (nSPS) is 11.2. The zero-order valence-electron chi connectivity index (χ0n) is 5.50. The van der Waals surface area contributed by atoms with Crippen LogP contribution in [-0.2, 0) is 0 Å². The van der Waals surface area contributed by atoms with E-state index in [-0.39, 0.29) is 0 Å². The Hall–Kier alpha value is 1.20. The molecular formula is C6H3F3I3-3. The molecule has 0 aliphatic heterocycles. The third kappa shape index (κ3) is 2.59. The summed E-state index contributed by atoms with van der Waals surface area (Å²) in [5.41, 5.74) is 0. The van der Waals surface area contributed by atoms with Gasteiger partial charge in [-0.1, -0.05) is 0 Å². The molecule has 0 aliphatic carbocycles. The van der Waals surface area contributed by atoms with E-state index in [1.165, 1.54) is 0 Å². The van der Waals surface area contributed by atoms with Crippen molar-refractivity contribution in [2.45, 2.75) is 0 Å². The summed E-state index contributed by atoms with van der Waals surface area (Å²) in [6, 6.07) is 4.72. The fourth-order valence-electron chi connectivity index (χ4n) is 0.656. The van der Waals surface area contributed by atoms with Crippen LogP contribution in [0.15, 0.2) is 18.2 Å². The van der Waals surface area contributed by atoms with E-state index < -0.39 is 65.3 Å². The Bertz CT molecular complexity index is 244. The molecule has 0 aromatic heterocycles. The second-order valence-corrected chi connectivity index (χ2v) is 6.38. The third-order valence-electron chi connectivity index (χ3n) is 1.13. The minimum absolute atomic E-state index is 0.363. The molecule has 0 N–H and O–H groups in total. The van der Waals surface area contributed by atoms with Crippen molar-refractivity contribution in [1.82, 2.24) is 0 Å². The molecule has 1 aromatic rings. The molecule has 0 radical (unpaired) electrons. The molecule has 72 valence electrons. The molecule has 6 heteroatoms. The van der Waals surface area contributed by atoms with Crippen LogP contribution in [0.5, 0.6) is 0 Å². The van der Waals surface area contributed by atoms with Gasteiger partial charge in [-0.3, -0.25) is 0 Å². The van der Waals surface area contributed by atoms with Gasteiger partial charge in [0.1, 0.15) is 0 Å². The van der Waals surface area contributed by atoms with Crippen molar-refractivity contribution in [3.8, 4) is 0 Å². The minimum atomic E-state index is -1.67. The second kappa shape index (κ2) is 5.83. The van der Waals surface area contributed by atoms with Gasteiger partial charge in [-0.2, -0.15) is 0 Å². The van der Waals surface area contributed by atoms with Gasteiger partial charge in [0.05, 0.1) is 0 Å². The van der Waals surface area contributed by atoms with Gasteiger partial charge in [-0.05, 0) is 0 Å². The molecule has 0 aliphatic rings. The molecule has 0 saturated carbocycles. The monoisotopic (exact) mass is 513 g/mol. The number of hydrogen-bond donors (Lipinski definition) is 0. The van der Waals surface area contributed by atoms with Gasteiger partial charge in [0, 0.05) is 0 Å². The van der Waals surface area contributed by atoms with E-state index in [1.807, 2.05) is 0 Å². The van der Waals surface area contributed by atoms with Gasteiger partial charge in [0.15, 0.2) is 0 Å². The van der Waals surface area contributed by atoms with Crippen LogP contribution in [0.3, 0.4) is 0 Å². The molecule has 1 aromatic carbocycles. The van der Waals surface area contributed by atoms with Crippen LogP contribution in [0.2, 0.25) is 0 Å². The third-order valence-corrected chi connectivity index (χ3v) is 7.44. The van der Waals surface area contributed by atoms with Crippen molar-refractivity contribution in [2.75, 3.05) is 0 Å². The van der Waals surface area contributed by atoms with E-state index in [0.29, 0.717) is 10.7 Å². The summed E-state index contributed by atoms with van der Waals surface area (Å²) < 4.78 is 38.3. The number of benzene rings is 1. The average Bonchev–Trinajstić information content (AvgIpc) is 2.16. The Morgan fingerprint density at radius 2 is 1.33 bits per heavy atom. The molecule has 0 fully saturated rings. The van der Waals surface area contributed by atoms with Crippen LogP contribution < -0.4 is 65.3 Å². The number of hydrogen-bond acceptors (Lipinski definition) is 0. The van der Waals surface area contributed by atoms with Gasteiger partial charge in [0.25, 0.3) is 0 Å². The molecule has 0 bridgehead atoms. The zero-order chi connectivity index (χ0) is 8.97. The molecule has 0 nitrogen and oxygen atoms in total. The SMILES string of the molecule is F[I-]c1cccc([I-]F)c1[I-]F. The Kier molecular flexibility index (Phi) is 5.48. The Balaban J connectivity index is 3.13. The van der Waals surface area contributed by atoms with Crippen molar-refractivity contribution in [3.63, 3.8) is 0 Å². The molecule has 0 spiro atoms. The Morgan fingerprint density at radius 3 is 1.67 bits per heavy atom. The Labute approximate surface area is 101 Å². The Morgan fingerprint density at radius 1 is 0.833 bits per heavy atom. The van der Waals surface area contributed by atoms with Crippen molar-refractivity contribution in [1.29, 1.82) is 0 Å². The first-order valence-electron chi connectivity index (χ1n) is 2.74. The maximum absolute atomic E-state index is 12.4. The summed E-state index contributed by atoms with van der Waals surface area (Å²) in [4.78, 5) is 0. The summed E-state index contributed by atoms with van der Waals surface area (Å²) >= 11 is -4.88. The summed E-state index contributed by atoms with van der Waals surface area (Å²) in [7, 11) is 0. The van der Waals surface area contributed by atoms with Gasteiger partial charge in [-0.25, -0.2) is 0 Å². The zero-order valence-corrected chi connectivity index (χ0v) is 12.0. The predicted octanol–water partition coefficient (Wildman–Crippen LogP) is -6.88.